The number of esters is 1. The molecule has 94 valence electrons. The maximum Gasteiger partial charge on any atom is 0.350 e. The molecule has 0 spiro atoms. The number of thiophene rings is 1. The van der Waals surface area contributed by atoms with Crippen molar-refractivity contribution < 1.29 is 14.3 Å². The fourth-order valence-corrected chi connectivity index (χ4v) is 2.41. The molecule has 4 nitrogen and oxygen atoms in total. The van der Waals surface area contributed by atoms with Crippen molar-refractivity contribution in [2.45, 2.75) is 19.3 Å². The Kier molecular flexibility index (Phi) is 6.21. The van der Waals surface area contributed by atoms with Crippen LogP contribution in [-0.2, 0) is 9.53 Å². The van der Waals surface area contributed by atoms with Crippen LogP contribution in [0, 0.1) is 0 Å². The summed E-state index contributed by atoms with van der Waals surface area (Å²) in [4.78, 5) is 23.4. The van der Waals surface area contributed by atoms with Gasteiger partial charge in [-0.25, -0.2) is 4.79 Å². The van der Waals surface area contributed by atoms with E-state index < -0.39 is 5.97 Å². The highest BCUT2D eigenvalue weighted by atomic mass is 79.9. The van der Waals surface area contributed by atoms with Crippen LogP contribution in [0.4, 0.5) is 5.69 Å². The van der Waals surface area contributed by atoms with E-state index in [1.165, 1.54) is 18.4 Å². The Morgan fingerprint density at radius 3 is 2.88 bits per heavy atom. The molecule has 0 saturated carbocycles. The molecule has 0 aliphatic carbocycles. The summed E-state index contributed by atoms with van der Waals surface area (Å²) in [6.45, 7) is 0. The number of nitrogens with one attached hydrogen (secondary N) is 1. The van der Waals surface area contributed by atoms with Crippen molar-refractivity contribution in [1.29, 1.82) is 0 Å². The van der Waals surface area contributed by atoms with Crippen LogP contribution in [0.2, 0.25) is 0 Å². The summed E-state index contributed by atoms with van der Waals surface area (Å²) >= 11 is 4.56. The van der Waals surface area contributed by atoms with Gasteiger partial charge in [0.2, 0.25) is 5.91 Å². The molecule has 0 fully saturated rings. The first-order valence-corrected chi connectivity index (χ1v) is 7.20. The molecule has 6 heteroatoms. The third-order valence-electron chi connectivity index (χ3n) is 2.10. The maximum atomic E-state index is 11.6. The van der Waals surface area contributed by atoms with Crippen LogP contribution in [0.5, 0.6) is 0 Å². The van der Waals surface area contributed by atoms with E-state index in [1.54, 1.807) is 11.4 Å². The lowest BCUT2D eigenvalue weighted by molar-refractivity contribution is -0.116. The van der Waals surface area contributed by atoms with Gasteiger partial charge < -0.3 is 10.1 Å². The van der Waals surface area contributed by atoms with Gasteiger partial charge in [-0.15, -0.1) is 11.3 Å². The Morgan fingerprint density at radius 2 is 2.24 bits per heavy atom. The van der Waals surface area contributed by atoms with Crippen LogP contribution in [0.25, 0.3) is 0 Å². The number of alkyl halides is 1. The first kappa shape index (κ1) is 14.2. The van der Waals surface area contributed by atoms with Gasteiger partial charge in [0.1, 0.15) is 4.88 Å². The van der Waals surface area contributed by atoms with Crippen LogP contribution in [0.3, 0.4) is 0 Å². The molecule has 0 aliphatic rings. The summed E-state index contributed by atoms with van der Waals surface area (Å²) in [6.07, 6.45) is 2.25. The normalized spacial score (nSPS) is 10.0. The van der Waals surface area contributed by atoms with Crippen LogP contribution < -0.4 is 5.32 Å². The molecule has 0 aromatic carbocycles. The molecule has 1 heterocycles. The number of halogens is 1. The first-order chi connectivity index (χ1) is 8.19. The molecule has 1 aromatic rings. The minimum absolute atomic E-state index is 0.0745. The zero-order valence-corrected chi connectivity index (χ0v) is 11.9. The topological polar surface area (TPSA) is 55.4 Å². The Hall–Kier alpha value is -0.880. The highest BCUT2D eigenvalue weighted by Gasteiger charge is 2.15. The molecule has 0 saturated heterocycles. The fourth-order valence-electron chi connectivity index (χ4n) is 1.25. The minimum atomic E-state index is -0.421. The molecule has 0 unspecified atom stereocenters. The second-order valence-electron chi connectivity index (χ2n) is 3.35. The third kappa shape index (κ3) is 4.47. The molecule has 1 amide bonds. The molecular formula is C11H14BrNO3S. The Labute approximate surface area is 112 Å². The number of ether oxygens (including phenoxy) is 1. The monoisotopic (exact) mass is 319 g/mol. The van der Waals surface area contributed by atoms with E-state index in [4.69, 9.17) is 0 Å². The van der Waals surface area contributed by atoms with E-state index in [2.05, 4.69) is 26.0 Å². The van der Waals surface area contributed by atoms with Gasteiger partial charge >= 0.3 is 5.97 Å². The number of amides is 1. The van der Waals surface area contributed by atoms with Gasteiger partial charge in [0.05, 0.1) is 12.8 Å². The first-order valence-electron chi connectivity index (χ1n) is 5.20. The summed E-state index contributed by atoms with van der Waals surface area (Å²) in [5.74, 6) is -0.495. The molecule has 1 N–H and O–H groups in total. The van der Waals surface area contributed by atoms with E-state index in [9.17, 15) is 9.59 Å². The molecule has 0 bridgehead atoms. The van der Waals surface area contributed by atoms with Gasteiger partial charge in [-0.05, 0) is 24.3 Å². The highest BCUT2D eigenvalue weighted by Crippen LogP contribution is 2.23. The van der Waals surface area contributed by atoms with Crippen molar-refractivity contribution in [2.24, 2.45) is 0 Å². The van der Waals surface area contributed by atoms with Crippen molar-refractivity contribution in [1.82, 2.24) is 0 Å². The average molecular weight is 320 g/mol. The average Bonchev–Trinajstić information content (AvgIpc) is 2.76. The van der Waals surface area contributed by atoms with Crippen LogP contribution in [0.1, 0.15) is 28.9 Å². The predicted octanol–water partition coefficient (Wildman–Crippen LogP) is 3.04. The molecule has 0 aliphatic heterocycles. The van der Waals surface area contributed by atoms with Crippen LogP contribution in [-0.4, -0.2) is 24.3 Å². The second-order valence-corrected chi connectivity index (χ2v) is 5.06. The van der Waals surface area contributed by atoms with Gasteiger partial charge in [-0.1, -0.05) is 15.9 Å². The highest BCUT2D eigenvalue weighted by molar-refractivity contribution is 9.09. The summed E-state index contributed by atoms with van der Waals surface area (Å²) in [7, 11) is 1.32. The lowest BCUT2D eigenvalue weighted by Crippen LogP contribution is -2.13. The number of unbranched alkanes of at least 4 members (excludes halogenated alkanes) is 1. The second kappa shape index (κ2) is 7.45. The summed E-state index contributed by atoms with van der Waals surface area (Å²) < 4.78 is 4.63. The Bertz CT molecular complexity index is 392. The number of rotatable bonds is 6. The number of anilines is 1. The summed E-state index contributed by atoms with van der Waals surface area (Å²) in [6, 6.07) is 1.71. The summed E-state index contributed by atoms with van der Waals surface area (Å²) in [5, 5.41) is 5.37. The Balaban J connectivity index is 2.53. The van der Waals surface area contributed by atoms with E-state index >= 15 is 0 Å². The minimum Gasteiger partial charge on any atom is -0.465 e. The largest absolute Gasteiger partial charge is 0.465 e. The summed E-state index contributed by atoms with van der Waals surface area (Å²) in [5.41, 5.74) is 0.533. The maximum absolute atomic E-state index is 11.6. The number of carbonyl (C=O) groups excluding carboxylic acids is 2. The lowest BCUT2D eigenvalue weighted by Gasteiger charge is -2.04. The van der Waals surface area contributed by atoms with Crippen LogP contribution >= 0.6 is 27.3 Å². The molecule has 1 aromatic heterocycles. The molecule has 1 rings (SSSR count). The SMILES string of the molecule is COC(=O)c1sccc1NC(=O)CCCCBr. The fraction of sp³-hybridized carbons (Fsp3) is 0.455. The number of carbonyl (C=O) groups is 2. The van der Waals surface area contributed by atoms with Gasteiger partial charge in [0, 0.05) is 11.8 Å². The third-order valence-corrected chi connectivity index (χ3v) is 3.55. The van der Waals surface area contributed by atoms with E-state index in [-0.39, 0.29) is 5.91 Å². The van der Waals surface area contributed by atoms with Crippen LogP contribution in [0.15, 0.2) is 11.4 Å². The van der Waals surface area contributed by atoms with Crippen molar-refractivity contribution >= 4 is 44.8 Å². The number of methoxy groups -OCH3 is 1. The van der Waals surface area contributed by atoms with E-state index in [0.29, 0.717) is 17.0 Å². The zero-order valence-electron chi connectivity index (χ0n) is 9.49. The molecule has 0 atom stereocenters. The van der Waals surface area contributed by atoms with Gasteiger partial charge in [-0.2, -0.15) is 0 Å². The van der Waals surface area contributed by atoms with Crippen molar-refractivity contribution in [3.8, 4) is 0 Å². The standard InChI is InChI=1S/C11H14BrNO3S/c1-16-11(15)10-8(5-7-17-10)13-9(14)4-2-3-6-12/h5,7H,2-4,6H2,1H3,(H,13,14). The smallest absolute Gasteiger partial charge is 0.350 e. The number of hydrogen-bond acceptors (Lipinski definition) is 4. The van der Waals surface area contributed by atoms with Gasteiger partial charge in [0.15, 0.2) is 0 Å². The van der Waals surface area contributed by atoms with Crippen molar-refractivity contribution in [3.63, 3.8) is 0 Å². The Morgan fingerprint density at radius 1 is 1.47 bits per heavy atom. The zero-order chi connectivity index (χ0) is 12.7. The quantitative estimate of drug-likeness (QED) is 0.498. The van der Waals surface area contributed by atoms with Crippen molar-refractivity contribution in [2.75, 3.05) is 17.8 Å². The molecule has 0 radical (unpaired) electrons. The van der Waals surface area contributed by atoms with E-state index in [1.807, 2.05) is 0 Å². The molecule has 17 heavy (non-hydrogen) atoms. The molecular weight excluding hydrogens is 306 g/mol. The van der Waals surface area contributed by atoms with Gasteiger partial charge in [-0.3, -0.25) is 4.79 Å². The van der Waals surface area contributed by atoms with E-state index in [0.717, 1.165) is 18.2 Å². The van der Waals surface area contributed by atoms with Crippen molar-refractivity contribution in [3.05, 3.63) is 16.3 Å². The predicted molar refractivity (Wildman–Crippen MR) is 71.9 cm³/mol. The lowest BCUT2D eigenvalue weighted by atomic mass is 10.2. The van der Waals surface area contributed by atoms with Gasteiger partial charge in [0.25, 0.3) is 0 Å². The number of hydrogen-bond donors (Lipinski definition) is 1.